The summed E-state index contributed by atoms with van der Waals surface area (Å²) in [5.74, 6) is 0.789. The van der Waals surface area contributed by atoms with E-state index in [1.807, 2.05) is 73.1 Å². The molecule has 0 radical (unpaired) electrons. The first kappa shape index (κ1) is 17.7. The largest absolute Gasteiger partial charge is 0.492 e. The van der Waals surface area contributed by atoms with Gasteiger partial charge in [0.15, 0.2) is 0 Å². The van der Waals surface area contributed by atoms with Crippen LogP contribution in [0, 0.1) is 13.8 Å². The minimum absolute atomic E-state index is 0.0266. The Balaban J connectivity index is 1.56. The zero-order valence-electron chi connectivity index (χ0n) is 15.3. The van der Waals surface area contributed by atoms with Crippen LogP contribution >= 0.6 is 0 Å². The second kappa shape index (κ2) is 7.87. The van der Waals surface area contributed by atoms with Gasteiger partial charge >= 0.3 is 0 Å². The molecular weight excluding hydrogens is 326 g/mol. The number of ether oxygens (including phenoxy) is 1. The molecule has 1 heterocycles. The topological polar surface area (TPSA) is 47.4 Å². The predicted molar refractivity (Wildman–Crippen MR) is 102 cm³/mol. The van der Waals surface area contributed by atoms with Gasteiger partial charge in [0.05, 0.1) is 12.2 Å². The van der Waals surface area contributed by atoms with Gasteiger partial charge in [0.2, 0.25) is 0 Å². The summed E-state index contributed by atoms with van der Waals surface area (Å²) >= 11 is 0. The molecule has 26 heavy (non-hydrogen) atoms. The smallest absolute Gasteiger partial charge is 0.253 e. The van der Waals surface area contributed by atoms with Crippen LogP contribution in [0.2, 0.25) is 0 Å². The van der Waals surface area contributed by atoms with Crippen molar-refractivity contribution >= 4 is 5.91 Å². The van der Waals surface area contributed by atoms with Gasteiger partial charge in [0.25, 0.3) is 5.91 Å². The van der Waals surface area contributed by atoms with E-state index in [1.165, 1.54) is 5.56 Å². The average molecular weight is 349 g/mol. The van der Waals surface area contributed by atoms with Crippen LogP contribution in [0.4, 0.5) is 0 Å². The third kappa shape index (κ3) is 4.11. The lowest BCUT2D eigenvalue weighted by Crippen LogP contribution is -2.30. The fourth-order valence-corrected chi connectivity index (χ4v) is 2.64. The molecule has 0 spiro atoms. The molecule has 2 aromatic carbocycles. The molecule has 1 amide bonds. The van der Waals surface area contributed by atoms with Gasteiger partial charge < -0.3 is 9.64 Å². The van der Waals surface area contributed by atoms with Crippen molar-refractivity contribution < 1.29 is 9.53 Å². The Morgan fingerprint density at radius 1 is 1.04 bits per heavy atom. The summed E-state index contributed by atoms with van der Waals surface area (Å²) in [6.07, 6.45) is 1.76. The van der Waals surface area contributed by atoms with E-state index in [0.717, 1.165) is 17.1 Å². The van der Waals surface area contributed by atoms with E-state index >= 15 is 0 Å². The van der Waals surface area contributed by atoms with Crippen LogP contribution in [-0.2, 0) is 0 Å². The summed E-state index contributed by atoms with van der Waals surface area (Å²) < 4.78 is 7.53. The molecule has 0 saturated heterocycles. The molecule has 0 bridgehead atoms. The zero-order valence-corrected chi connectivity index (χ0v) is 15.3. The van der Waals surface area contributed by atoms with Crippen molar-refractivity contribution in [3.63, 3.8) is 0 Å². The van der Waals surface area contributed by atoms with Crippen LogP contribution in [0.5, 0.6) is 5.75 Å². The summed E-state index contributed by atoms with van der Waals surface area (Å²) in [6, 6.07) is 17.3. The SMILES string of the molecule is Cc1ccc(OCCN(C)C(=O)c2ccc(-n3nccc3C)cc2)cc1. The summed E-state index contributed by atoms with van der Waals surface area (Å²) in [5.41, 5.74) is 3.83. The molecule has 5 nitrogen and oxygen atoms in total. The number of likely N-dealkylation sites (N-methyl/N-ethyl adjacent to an activating group) is 1. The summed E-state index contributed by atoms with van der Waals surface area (Å²) in [4.78, 5) is 14.2. The van der Waals surface area contributed by atoms with Crippen LogP contribution in [0.15, 0.2) is 60.8 Å². The lowest BCUT2D eigenvalue weighted by molar-refractivity contribution is 0.0774. The summed E-state index contributed by atoms with van der Waals surface area (Å²) in [7, 11) is 1.78. The van der Waals surface area contributed by atoms with E-state index in [0.29, 0.717) is 18.7 Å². The number of nitrogens with zero attached hydrogens (tertiary/aromatic N) is 3. The van der Waals surface area contributed by atoms with E-state index in [4.69, 9.17) is 4.74 Å². The highest BCUT2D eigenvalue weighted by atomic mass is 16.5. The second-order valence-corrected chi connectivity index (χ2v) is 6.32. The Morgan fingerprint density at radius 2 is 1.73 bits per heavy atom. The average Bonchev–Trinajstić information content (AvgIpc) is 3.09. The number of aryl methyl sites for hydroxylation is 2. The molecule has 0 aliphatic carbocycles. The number of aromatic nitrogens is 2. The van der Waals surface area contributed by atoms with E-state index in [9.17, 15) is 4.79 Å². The lowest BCUT2D eigenvalue weighted by atomic mass is 10.2. The number of hydrogen-bond donors (Lipinski definition) is 0. The van der Waals surface area contributed by atoms with Gasteiger partial charge in [0, 0.05) is 24.5 Å². The van der Waals surface area contributed by atoms with Crippen LogP contribution < -0.4 is 4.74 Å². The first-order chi connectivity index (χ1) is 12.5. The van der Waals surface area contributed by atoms with Crippen molar-refractivity contribution in [1.82, 2.24) is 14.7 Å². The molecule has 0 aliphatic rings. The third-order valence-corrected chi connectivity index (χ3v) is 4.25. The number of amides is 1. The van der Waals surface area contributed by atoms with Crippen molar-refractivity contribution in [1.29, 1.82) is 0 Å². The normalized spacial score (nSPS) is 10.6. The van der Waals surface area contributed by atoms with E-state index in [-0.39, 0.29) is 5.91 Å². The van der Waals surface area contributed by atoms with Gasteiger partial charge in [-0.15, -0.1) is 0 Å². The first-order valence-corrected chi connectivity index (χ1v) is 8.60. The van der Waals surface area contributed by atoms with Gasteiger partial charge in [-0.05, 0) is 56.3 Å². The zero-order chi connectivity index (χ0) is 18.5. The highest BCUT2D eigenvalue weighted by Crippen LogP contribution is 2.13. The Kier molecular flexibility index (Phi) is 5.37. The van der Waals surface area contributed by atoms with Crippen LogP contribution in [-0.4, -0.2) is 40.8 Å². The third-order valence-electron chi connectivity index (χ3n) is 4.25. The van der Waals surface area contributed by atoms with Crippen molar-refractivity contribution in [2.24, 2.45) is 0 Å². The maximum atomic E-state index is 12.5. The predicted octanol–water partition coefficient (Wildman–Crippen LogP) is 3.64. The molecule has 0 unspecified atom stereocenters. The van der Waals surface area contributed by atoms with E-state index in [1.54, 1.807) is 18.1 Å². The molecule has 0 saturated carbocycles. The monoisotopic (exact) mass is 349 g/mol. The van der Waals surface area contributed by atoms with Crippen molar-refractivity contribution in [2.45, 2.75) is 13.8 Å². The van der Waals surface area contributed by atoms with Crippen molar-refractivity contribution in [2.75, 3.05) is 20.2 Å². The molecule has 5 heteroatoms. The van der Waals surface area contributed by atoms with Crippen molar-refractivity contribution in [3.05, 3.63) is 77.6 Å². The van der Waals surface area contributed by atoms with Gasteiger partial charge in [-0.2, -0.15) is 5.10 Å². The Hall–Kier alpha value is -3.08. The highest BCUT2D eigenvalue weighted by molar-refractivity contribution is 5.94. The molecule has 0 fully saturated rings. The summed E-state index contributed by atoms with van der Waals surface area (Å²) in [6.45, 7) is 5.01. The molecule has 134 valence electrons. The minimum atomic E-state index is -0.0266. The standard InChI is InChI=1S/C21H23N3O2/c1-16-4-10-20(11-5-16)26-15-14-23(3)21(25)18-6-8-19(9-7-18)24-17(2)12-13-22-24/h4-13H,14-15H2,1-3H3. The Morgan fingerprint density at radius 3 is 2.35 bits per heavy atom. The van der Waals surface area contributed by atoms with Crippen LogP contribution in [0.3, 0.4) is 0 Å². The Bertz CT molecular complexity index is 867. The van der Waals surface area contributed by atoms with Gasteiger partial charge in [-0.1, -0.05) is 17.7 Å². The maximum Gasteiger partial charge on any atom is 0.253 e. The number of rotatable bonds is 6. The van der Waals surface area contributed by atoms with Gasteiger partial charge in [-0.25, -0.2) is 4.68 Å². The molecule has 0 N–H and O–H groups in total. The van der Waals surface area contributed by atoms with Gasteiger partial charge in [-0.3, -0.25) is 4.79 Å². The molecule has 0 aliphatic heterocycles. The fourth-order valence-electron chi connectivity index (χ4n) is 2.64. The number of benzene rings is 2. The van der Waals surface area contributed by atoms with E-state index in [2.05, 4.69) is 5.10 Å². The maximum absolute atomic E-state index is 12.5. The second-order valence-electron chi connectivity index (χ2n) is 6.32. The summed E-state index contributed by atoms with van der Waals surface area (Å²) in [5, 5.41) is 4.28. The fraction of sp³-hybridized carbons (Fsp3) is 0.238. The number of hydrogen-bond acceptors (Lipinski definition) is 3. The molecule has 3 rings (SSSR count). The van der Waals surface area contributed by atoms with E-state index < -0.39 is 0 Å². The lowest BCUT2D eigenvalue weighted by Gasteiger charge is -2.18. The van der Waals surface area contributed by atoms with Crippen molar-refractivity contribution in [3.8, 4) is 11.4 Å². The van der Waals surface area contributed by atoms with Gasteiger partial charge in [0.1, 0.15) is 12.4 Å². The molecule has 0 atom stereocenters. The van der Waals surface area contributed by atoms with Crippen LogP contribution in [0.1, 0.15) is 21.6 Å². The Labute approximate surface area is 153 Å². The molecular formula is C21H23N3O2. The number of carbonyl (C=O) groups is 1. The minimum Gasteiger partial charge on any atom is -0.492 e. The molecule has 3 aromatic rings. The first-order valence-electron chi connectivity index (χ1n) is 8.60. The van der Waals surface area contributed by atoms with Crippen LogP contribution in [0.25, 0.3) is 5.69 Å². The highest BCUT2D eigenvalue weighted by Gasteiger charge is 2.12. The number of carbonyl (C=O) groups excluding carboxylic acids is 1. The quantitative estimate of drug-likeness (QED) is 0.683. The molecule has 1 aromatic heterocycles.